The molecule has 0 atom stereocenters. The first-order chi connectivity index (χ1) is 10.3. The van der Waals surface area contributed by atoms with E-state index in [1.165, 1.54) is 31.7 Å². The van der Waals surface area contributed by atoms with Crippen molar-refractivity contribution in [3.8, 4) is 0 Å². The Balaban J connectivity index is 1.78. The Morgan fingerprint density at radius 2 is 1.81 bits per heavy atom. The third kappa shape index (κ3) is 3.45. The fourth-order valence-electron chi connectivity index (χ4n) is 2.48. The number of halogens is 1. The van der Waals surface area contributed by atoms with Crippen molar-refractivity contribution in [2.75, 3.05) is 23.3 Å². The van der Waals surface area contributed by atoms with Crippen LogP contribution < -0.4 is 10.2 Å². The van der Waals surface area contributed by atoms with Gasteiger partial charge in [0.1, 0.15) is 5.82 Å². The van der Waals surface area contributed by atoms with Crippen LogP contribution in [0.4, 0.5) is 21.8 Å². The highest BCUT2D eigenvalue weighted by molar-refractivity contribution is 5.54. The van der Waals surface area contributed by atoms with Crippen LogP contribution in [0.25, 0.3) is 0 Å². The highest BCUT2D eigenvalue weighted by Crippen LogP contribution is 2.20. The van der Waals surface area contributed by atoms with Gasteiger partial charge in [0.25, 0.3) is 0 Å². The minimum Gasteiger partial charge on any atom is -0.355 e. The molecule has 0 unspecified atom stereocenters. The van der Waals surface area contributed by atoms with E-state index in [0.717, 1.165) is 18.9 Å². The molecule has 1 aromatic carbocycles. The van der Waals surface area contributed by atoms with Crippen LogP contribution in [0.3, 0.4) is 0 Å². The van der Waals surface area contributed by atoms with Crippen molar-refractivity contribution in [1.29, 1.82) is 0 Å². The zero-order chi connectivity index (χ0) is 14.5. The zero-order valence-electron chi connectivity index (χ0n) is 11.8. The van der Waals surface area contributed by atoms with Gasteiger partial charge in [0, 0.05) is 13.1 Å². The maximum absolute atomic E-state index is 13.6. The molecule has 3 rings (SSSR count). The molecule has 1 aromatic heterocycles. The van der Waals surface area contributed by atoms with Crippen molar-refractivity contribution >= 4 is 17.5 Å². The van der Waals surface area contributed by atoms with Crippen molar-refractivity contribution in [2.45, 2.75) is 25.7 Å². The summed E-state index contributed by atoms with van der Waals surface area (Å²) < 4.78 is 13.6. The van der Waals surface area contributed by atoms with Crippen LogP contribution >= 0.6 is 0 Å². The Labute approximate surface area is 123 Å². The third-order valence-corrected chi connectivity index (χ3v) is 3.60. The fourth-order valence-corrected chi connectivity index (χ4v) is 2.48. The lowest BCUT2D eigenvalue weighted by Crippen LogP contribution is -2.25. The largest absolute Gasteiger partial charge is 0.355 e. The van der Waals surface area contributed by atoms with E-state index in [1.54, 1.807) is 24.4 Å². The molecule has 0 saturated carbocycles. The number of hydrogen-bond acceptors (Lipinski definition) is 5. The maximum Gasteiger partial charge on any atom is 0.249 e. The molecule has 0 radical (unpaired) electrons. The molecular formula is C15H18FN5. The van der Waals surface area contributed by atoms with E-state index in [4.69, 9.17) is 0 Å². The van der Waals surface area contributed by atoms with Gasteiger partial charge in [-0.15, -0.1) is 5.10 Å². The first-order valence-electron chi connectivity index (χ1n) is 7.29. The predicted octanol–water partition coefficient (Wildman–Crippen LogP) is 3.13. The summed E-state index contributed by atoms with van der Waals surface area (Å²) in [6, 6.07) is 6.45. The Morgan fingerprint density at radius 1 is 1.05 bits per heavy atom. The van der Waals surface area contributed by atoms with Crippen LogP contribution in [0.2, 0.25) is 0 Å². The molecule has 110 valence electrons. The molecule has 21 heavy (non-hydrogen) atoms. The Kier molecular flexibility index (Phi) is 4.23. The van der Waals surface area contributed by atoms with Gasteiger partial charge in [-0.2, -0.15) is 10.1 Å². The van der Waals surface area contributed by atoms with Crippen LogP contribution in [-0.2, 0) is 0 Å². The second kappa shape index (κ2) is 6.47. The minimum absolute atomic E-state index is 0.321. The van der Waals surface area contributed by atoms with Crippen LogP contribution in [0.5, 0.6) is 0 Å². The van der Waals surface area contributed by atoms with Gasteiger partial charge in [-0.05, 0) is 25.0 Å². The monoisotopic (exact) mass is 287 g/mol. The predicted molar refractivity (Wildman–Crippen MR) is 80.2 cm³/mol. The second-order valence-corrected chi connectivity index (χ2v) is 5.14. The molecule has 1 fully saturated rings. The van der Waals surface area contributed by atoms with Gasteiger partial charge >= 0.3 is 0 Å². The van der Waals surface area contributed by atoms with E-state index >= 15 is 0 Å². The van der Waals surface area contributed by atoms with Crippen molar-refractivity contribution < 1.29 is 4.39 Å². The summed E-state index contributed by atoms with van der Waals surface area (Å²) in [5, 5.41) is 10.8. The molecule has 0 bridgehead atoms. The summed E-state index contributed by atoms with van der Waals surface area (Å²) in [4.78, 5) is 6.67. The summed E-state index contributed by atoms with van der Waals surface area (Å²) >= 11 is 0. The number of hydrogen-bond donors (Lipinski definition) is 1. The Hall–Kier alpha value is -2.24. The lowest BCUT2D eigenvalue weighted by molar-refractivity contribution is 0.631. The van der Waals surface area contributed by atoms with Gasteiger partial charge in [0.15, 0.2) is 5.82 Å². The average Bonchev–Trinajstić information content (AvgIpc) is 2.79. The molecule has 1 saturated heterocycles. The van der Waals surface area contributed by atoms with Crippen LogP contribution in [0.15, 0.2) is 30.5 Å². The standard InChI is InChI=1S/C15H18FN5/c16-12-7-3-4-8-13(12)18-15-19-14(11-17-20-15)21-9-5-1-2-6-10-21/h3-4,7-8,11H,1-2,5-6,9-10H2,(H,18,19,20). The van der Waals surface area contributed by atoms with Gasteiger partial charge in [-0.25, -0.2) is 4.39 Å². The van der Waals surface area contributed by atoms with Crippen molar-refractivity contribution in [3.05, 3.63) is 36.3 Å². The SMILES string of the molecule is Fc1ccccc1Nc1nncc(N2CCCCCC2)n1. The Morgan fingerprint density at radius 3 is 2.57 bits per heavy atom. The summed E-state index contributed by atoms with van der Waals surface area (Å²) in [5.41, 5.74) is 0.354. The van der Waals surface area contributed by atoms with E-state index in [9.17, 15) is 4.39 Å². The van der Waals surface area contributed by atoms with Crippen LogP contribution in [0.1, 0.15) is 25.7 Å². The number of anilines is 3. The van der Waals surface area contributed by atoms with Crippen molar-refractivity contribution in [1.82, 2.24) is 15.2 Å². The molecule has 5 nitrogen and oxygen atoms in total. The number of nitrogens with zero attached hydrogens (tertiary/aromatic N) is 4. The topological polar surface area (TPSA) is 53.9 Å². The van der Waals surface area contributed by atoms with Crippen molar-refractivity contribution in [2.24, 2.45) is 0 Å². The lowest BCUT2D eigenvalue weighted by atomic mass is 10.2. The molecule has 0 amide bonds. The lowest BCUT2D eigenvalue weighted by Gasteiger charge is -2.20. The molecule has 0 spiro atoms. The van der Waals surface area contributed by atoms with E-state index in [2.05, 4.69) is 25.4 Å². The number of aromatic nitrogens is 3. The van der Waals surface area contributed by atoms with Crippen molar-refractivity contribution in [3.63, 3.8) is 0 Å². The molecular weight excluding hydrogens is 269 g/mol. The number of nitrogens with one attached hydrogen (secondary N) is 1. The second-order valence-electron chi connectivity index (χ2n) is 5.14. The first-order valence-corrected chi connectivity index (χ1v) is 7.29. The third-order valence-electron chi connectivity index (χ3n) is 3.60. The molecule has 2 heterocycles. The van der Waals surface area contributed by atoms with E-state index in [1.807, 2.05) is 0 Å². The number of para-hydroxylation sites is 1. The molecule has 1 aliphatic heterocycles. The summed E-state index contributed by atoms with van der Waals surface area (Å²) in [5.74, 6) is 0.786. The number of rotatable bonds is 3. The van der Waals surface area contributed by atoms with Gasteiger partial charge in [-0.3, -0.25) is 0 Å². The zero-order valence-corrected chi connectivity index (χ0v) is 11.8. The molecule has 2 aromatic rings. The molecule has 1 aliphatic rings. The van der Waals surface area contributed by atoms with Gasteiger partial charge in [-0.1, -0.05) is 25.0 Å². The normalized spacial score (nSPS) is 15.6. The molecule has 1 N–H and O–H groups in total. The van der Waals surface area contributed by atoms with Gasteiger partial charge in [0.2, 0.25) is 5.95 Å². The summed E-state index contributed by atoms with van der Waals surface area (Å²) in [7, 11) is 0. The first kappa shape index (κ1) is 13.7. The van der Waals surface area contributed by atoms with Crippen LogP contribution in [-0.4, -0.2) is 28.3 Å². The number of benzene rings is 1. The Bertz CT molecular complexity index is 596. The smallest absolute Gasteiger partial charge is 0.249 e. The highest BCUT2D eigenvalue weighted by Gasteiger charge is 2.13. The quantitative estimate of drug-likeness (QED) is 0.940. The summed E-state index contributed by atoms with van der Waals surface area (Å²) in [6.45, 7) is 1.97. The molecule has 0 aliphatic carbocycles. The van der Waals surface area contributed by atoms with E-state index in [-0.39, 0.29) is 5.82 Å². The molecule has 6 heteroatoms. The minimum atomic E-state index is -0.332. The fraction of sp³-hybridized carbons (Fsp3) is 0.400. The van der Waals surface area contributed by atoms with Gasteiger partial charge < -0.3 is 10.2 Å². The van der Waals surface area contributed by atoms with Crippen LogP contribution in [0, 0.1) is 5.82 Å². The van der Waals surface area contributed by atoms with E-state index in [0.29, 0.717) is 11.6 Å². The highest BCUT2D eigenvalue weighted by atomic mass is 19.1. The average molecular weight is 287 g/mol. The van der Waals surface area contributed by atoms with E-state index < -0.39 is 0 Å². The maximum atomic E-state index is 13.6. The van der Waals surface area contributed by atoms with Gasteiger partial charge in [0.05, 0.1) is 11.9 Å². The summed E-state index contributed by atoms with van der Waals surface area (Å²) in [6.07, 6.45) is 6.52.